The smallest absolute Gasteiger partial charge is 0.248 e. The lowest BCUT2D eigenvalue weighted by Gasteiger charge is -2.46. The van der Waals surface area contributed by atoms with Crippen molar-refractivity contribution in [3.05, 3.63) is 48.3 Å². The molecule has 2 saturated heterocycles. The van der Waals surface area contributed by atoms with Gasteiger partial charge < -0.3 is 14.7 Å². The lowest BCUT2D eigenvalue weighted by Crippen LogP contribution is -2.59. The molecule has 9 heteroatoms. The molecule has 32 heavy (non-hydrogen) atoms. The molecular weight excluding hydrogens is 435 g/mol. The zero-order valence-corrected chi connectivity index (χ0v) is 18.4. The molecular formula is C23H25FN2O5S. The summed E-state index contributed by atoms with van der Waals surface area (Å²) in [7, 11) is -4.00. The number of amides is 1. The van der Waals surface area contributed by atoms with Gasteiger partial charge in [-0.05, 0) is 61.1 Å². The molecule has 3 aliphatic rings. The number of phenolic OH excluding ortho intramolecular Hbond substituents is 1. The summed E-state index contributed by atoms with van der Waals surface area (Å²) < 4.78 is 48.4. The first-order valence-corrected chi connectivity index (χ1v) is 12.2. The Morgan fingerprint density at radius 1 is 1.03 bits per heavy atom. The van der Waals surface area contributed by atoms with Crippen LogP contribution in [0.2, 0.25) is 0 Å². The summed E-state index contributed by atoms with van der Waals surface area (Å²) in [6, 6.07) is 10.6. The highest BCUT2D eigenvalue weighted by molar-refractivity contribution is 7.89. The molecule has 1 aliphatic carbocycles. The van der Waals surface area contributed by atoms with Gasteiger partial charge in [0.25, 0.3) is 0 Å². The number of ether oxygens (including phenoxy) is 1. The van der Waals surface area contributed by atoms with Crippen molar-refractivity contribution in [1.29, 1.82) is 0 Å². The Kier molecular flexibility index (Phi) is 5.22. The van der Waals surface area contributed by atoms with Crippen molar-refractivity contribution >= 4 is 15.9 Å². The predicted molar refractivity (Wildman–Crippen MR) is 115 cm³/mol. The van der Waals surface area contributed by atoms with E-state index in [9.17, 15) is 22.7 Å². The summed E-state index contributed by atoms with van der Waals surface area (Å²) >= 11 is 0. The fourth-order valence-corrected chi connectivity index (χ4v) is 6.07. The number of carbonyl (C=O) groups excluding carboxylic acids is 1. The average Bonchev–Trinajstić information content (AvgIpc) is 3.62. The van der Waals surface area contributed by atoms with E-state index in [-0.39, 0.29) is 36.2 Å². The molecule has 0 radical (unpaired) electrons. The minimum absolute atomic E-state index is 0.00367. The second-order valence-corrected chi connectivity index (χ2v) is 10.7. The number of sulfonamides is 1. The van der Waals surface area contributed by atoms with E-state index in [0.29, 0.717) is 36.6 Å². The zero-order chi connectivity index (χ0) is 22.5. The van der Waals surface area contributed by atoms with Crippen molar-refractivity contribution in [3.8, 4) is 16.9 Å². The van der Waals surface area contributed by atoms with Crippen LogP contribution in [0, 0.1) is 5.82 Å². The van der Waals surface area contributed by atoms with Crippen molar-refractivity contribution in [2.75, 3.05) is 26.2 Å². The topological polar surface area (TPSA) is 87.1 Å². The third-order valence-electron chi connectivity index (χ3n) is 6.65. The van der Waals surface area contributed by atoms with Crippen LogP contribution in [0.15, 0.2) is 47.4 Å². The maximum absolute atomic E-state index is 14.9. The van der Waals surface area contributed by atoms with Crippen LogP contribution in [0.5, 0.6) is 5.75 Å². The number of rotatable bonds is 4. The number of morpholine rings is 1. The first-order chi connectivity index (χ1) is 15.3. The number of aromatic hydroxyl groups is 1. The SMILES string of the molecule is O=C1COC2(CCN(S(=O)(=O)c3ccc(-c4ccc(O)cc4)cc3F)CC2)CN1C1CC1. The van der Waals surface area contributed by atoms with Crippen molar-refractivity contribution in [3.63, 3.8) is 0 Å². The molecule has 3 fully saturated rings. The molecule has 7 nitrogen and oxygen atoms in total. The van der Waals surface area contributed by atoms with Gasteiger partial charge in [0.2, 0.25) is 15.9 Å². The van der Waals surface area contributed by atoms with Crippen LogP contribution < -0.4 is 0 Å². The van der Waals surface area contributed by atoms with Crippen LogP contribution in [0.4, 0.5) is 4.39 Å². The van der Waals surface area contributed by atoms with Gasteiger partial charge in [0.05, 0.1) is 12.1 Å². The van der Waals surface area contributed by atoms with E-state index in [4.69, 9.17) is 4.74 Å². The highest BCUT2D eigenvalue weighted by Crippen LogP contribution is 2.37. The molecule has 1 N–H and O–H groups in total. The van der Waals surface area contributed by atoms with E-state index in [1.54, 1.807) is 18.2 Å². The van der Waals surface area contributed by atoms with Gasteiger partial charge in [-0.1, -0.05) is 18.2 Å². The summed E-state index contributed by atoms with van der Waals surface area (Å²) in [5.41, 5.74) is 0.679. The van der Waals surface area contributed by atoms with Gasteiger partial charge in [-0.25, -0.2) is 12.8 Å². The van der Waals surface area contributed by atoms with Gasteiger partial charge >= 0.3 is 0 Å². The Labute approximate surface area is 186 Å². The molecule has 2 heterocycles. The molecule has 0 bridgehead atoms. The van der Waals surface area contributed by atoms with E-state index < -0.39 is 21.4 Å². The molecule has 2 aromatic rings. The third kappa shape index (κ3) is 3.89. The maximum atomic E-state index is 14.9. The van der Waals surface area contributed by atoms with Crippen molar-refractivity contribution < 1.29 is 27.4 Å². The second kappa shape index (κ2) is 7.83. The summed E-state index contributed by atoms with van der Waals surface area (Å²) in [6.45, 7) is 0.971. The molecule has 0 unspecified atom stereocenters. The number of hydrogen-bond donors (Lipinski definition) is 1. The molecule has 0 atom stereocenters. The molecule has 5 rings (SSSR count). The molecule has 1 amide bonds. The fraction of sp³-hybridized carbons (Fsp3) is 0.435. The summed E-state index contributed by atoms with van der Waals surface area (Å²) in [6.07, 6.45) is 2.97. The zero-order valence-electron chi connectivity index (χ0n) is 17.5. The van der Waals surface area contributed by atoms with E-state index in [1.165, 1.54) is 28.6 Å². The molecule has 2 aromatic carbocycles. The molecule has 170 valence electrons. The Balaban J connectivity index is 1.31. The van der Waals surface area contributed by atoms with Crippen LogP contribution in [-0.4, -0.2) is 66.5 Å². The van der Waals surface area contributed by atoms with Crippen LogP contribution in [0.25, 0.3) is 11.1 Å². The number of hydrogen-bond acceptors (Lipinski definition) is 5. The maximum Gasteiger partial charge on any atom is 0.248 e. The Morgan fingerprint density at radius 2 is 1.69 bits per heavy atom. The van der Waals surface area contributed by atoms with Crippen LogP contribution in [-0.2, 0) is 19.6 Å². The van der Waals surface area contributed by atoms with Gasteiger partial charge in [-0.3, -0.25) is 4.79 Å². The lowest BCUT2D eigenvalue weighted by molar-refractivity contribution is -0.170. The number of piperidine rings is 1. The molecule has 1 spiro atoms. The molecule has 0 aromatic heterocycles. The highest BCUT2D eigenvalue weighted by Gasteiger charge is 2.47. The van der Waals surface area contributed by atoms with E-state index in [2.05, 4.69) is 0 Å². The lowest BCUT2D eigenvalue weighted by atomic mass is 9.90. The predicted octanol–water partition coefficient (Wildman–Crippen LogP) is 2.74. The highest BCUT2D eigenvalue weighted by atomic mass is 32.2. The standard InChI is InChI=1S/C23H25FN2O5S/c24-20-13-17(16-1-6-19(27)7-2-16)3-8-21(20)32(29,30)25-11-9-23(10-12-25)15-26(18-4-5-18)22(28)14-31-23/h1-3,6-8,13,18,27H,4-5,9-12,14-15H2. The van der Waals surface area contributed by atoms with Crippen LogP contribution >= 0.6 is 0 Å². The minimum atomic E-state index is -4.00. The average molecular weight is 461 g/mol. The minimum Gasteiger partial charge on any atom is -0.508 e. The Morgan fingerprint density at radius 3 is 2.31 bits per heavy atom. The molecule has 1 saturated carbocycles. The normalized spacial score (nSPS) is 21.8. The monoisotopic (exact) mass is 460 g/mol. The van der Waals surface area contributed by atoms with Gasteiger partial charge in [-0.15, -0.1) is 0 Å². The van der Waals surface area contributed by atoms with Crippen LogP contribution in [0.1, 0.15) is 25.7 Å². The first kappa shape index (κ1) is 21.4. The number of phenols is 1. The number of benzene rings is 2. The molecule has 2 aliphatic heterocycles. The first-order valence-electron chi connectivity index (χ1n) is 10.8. The number of carbonyl (C=O) groups is 1. The van der Waals surface area contributed by atoms with E-state index in [1.807, 2.05) is 4.90 Å². The summed E-state index contributed by atoms with van der Waals surface area (Å²) in [4.78, 5) is 13.7. The van der Waals surface area contributed by atoms with E-state index >= 15 is 0 Å². The van der Waals surface area contributed by atoms with Gasteiger partial charge in [0, 0.05) is 19.1 Å². The third-order valence-corrected chi connectivity index (χ3v) is 8.58. The second-order valence-electron chi connectivity index (χ2n) is 8.82. The Hall–Kier alpha value is -2.49. The summed E-state index contributed by atoms with van der Waals surface area (Å²) in [5, 5.41) is 9.42. The van der Waals surface area contributed by atoms with Crippen molar-refractivity contribution in [2.45, 2.75) is 42.2 Å². The quantitative estimate of drug-likeness (QED) is 0.758. The van der Waals surface area contributed by atoms with Gasteiger partial charge in [0.15, 0.2) is 0 Å². The van der Waals surface area contributed by atoms with Crippen molar-refractivity contribution in [1.82, 2.24) is 9.21 Å². The van der Waals surface area contributed by atoms with Crippen LogP contribution in [0.3, 0.4) is 0 Å². The number of halogens is 1. The Bertz CT molecular complexity index is 1140. The fourth-order valence-electron chi connectivity index (χ4n) is 4.58. The van der Waals surface area contributed by atoms with Gasteiger partial charge in [-0.2, -0.15) is 4.31 Å². The largest absolute Gasteiger partial charge is 0.508 e. The van der Waals surface area contributed by atoms with E-state index in [0.717, 1.165) is 12.8 Å². The van der Waals surface area contributed by atoms with Gasteiger partial charge in [0.1, 0.15) is 23.1 Å². The number of nitrogens with zero attached hydrogens (tertiary/aromatic N) is 2. The summed E-state index contributed by atoms with van der Waals surface area (Å²) in [5.74, 6) is -0.706. The van der Waals surface area contributed by atoms with Crippen molar-refractivity contribution in [2.24, 2.45) is 0 Å².